The van der Waals surface area contributed by atoms with Gasteiger partial charge in [0.2, 0.25) is 11.8 Å². The highest BCUT2D eigenvalue weighted by Gasteiger charge is 2.37. The molecular weight excluding hydrogens is 344 g/mol. The van der Waals surface area contributed by atoms with Gasteiger partial charge in [0.05, 0.1) is 12.5 Å². The van der Waals surface area contributed by atoms with Crippen LogP contribution in [-0.2, 0) is 29.0 Å². The summed E-state index contributed by atoms with van der Waals surface area (Å²) in [5, 5.41) is 2.03. The number of thiophene rings is 1. The van der Waals surface area contributed by atoms with Gasteiger partial charge in [-0.15, -0.1) is 11.3 Å². The van der Waals surface area contributed by atoms with Gasteiger partial charge in [-0.1, -0.05) is 12.1 Å². The van der Waals surface area contributed by atoms with Crippen molar-refractivity contribution in [2.75, 3.05) is 18.0 Å². The predicted molar refractivity (Wildman–Crippen MR) is 104 cm³/mol. The van der Waals surface area contributed by atoms with E-state index in [2.05, 4.69) is 18.2 Å². The number of hydrogen-bond acceptors (Lipinski definition) is 3. The average Bonchev–Trinajstić information content (AvgIpc) is 3.39. The van der Waals surface area contributed by atoms with E-state index in [-0.39, 0.29) is 17.7 Å². The molecule has 5 heteroatoms. The van der Waals surface area contributed by atoms with Gasteiger partial charge in [0, 0.05) is 30.1 Å². The number of anilines is 1. The van der Waals surface area contributed by atoms with Crippen LogP contribution >= 0.6 is 11.3 Å². The molecule has 4 nitrogen and oxygen atoms in total. The molecule has 136 valence electrons. The van der Waals surface area contributed by atoms with Gasteiger partial charge in [-0.05, 0) is 60.9 Å². The van der Waals surface area contributed by atoms with Crippen molar-refractivity contribution in [2.24, 2.45) is 5.92 Å². The Kier molecular flexibility index (Phi) is 4.81. The molecule has 0 N–H and O–H groups in total. The summed E-state index contributed by atoms with van der Waals surface area (Å²) in [5.74, 6) is -0.0814. The van der Waals surface area contributed by atoms with Gasteiger partial charge in [0.1, 0.15) is 0 Å². The first-order chi connectivity index (χ1) is 12.7. The number of hydrogen-bond donors (Lipinski definition) is 0. The van der Waals surface area contributed by atoms with Crippen LogP contribution in [0, 0.1) is 5.92 Å². The molecular formula is C21H24N2O2S. The van der Waals surface area contributed by atoms with Crippen molar-refractivity contribution in [2.45, 2.75) is 39.2 Å². The van der Waals surface area contributed by atoms with Gasteiger partial charge in [0.25, 0.3) is 0 Å². The smallest absolute Gasteiger partial charge is 0.228 e. The van der Waals surface area contributed by atoms with Crippen molar-refractivity contribution in [1.82, 2.24) is 4.90 Å². The topological polar surface area (TPSA) is 40.6 Å². The molecule has 2 aliphatic rings. The predicted octanol–water partition coefficient (Wildman–Crippen LogP) is 3.64. The number of aryl methyl sites for hydroxylation is 2. The minimum Gasteiger partial charge on any atom is -0.338 e. The first-order valence-corrected chi connectivity index (χ1v) is 10.3. The molecule has 2 heterocycles. The molecule has 1 saturated heterocycles. The average molecular weight is 369 g/mol. The van der Waals surface area contributed by atoms with Crippen molar-refractivity contribution in [3.8, 4) is 0 Å². The Labute approximate surface area is 158 Å². The van der Waals surface area contributed by atoms with Gasteiger partial charge in [-0.2, -0.15) is 0 Å². The number of carbonyl (C=O) groups is 2. The van der Waals surface area contributed by atoms with Crippen molar-refractivity contribution in [3.63, 3.8) is 0 Å². The Balaban J connectivity index is 1.47. The normalized spacial score (nSPS) is 19.0. The second-order valence-corrected chi connectivity index (χ2v) is 8.18. The van der Waals surface area contributed by atoms with E-state index >= 15 is 0 Å². The fourth-order valence-corrected chi connectivity index (χ4v) is 4.76. The summed E-state index contributed by atoms with van der Waals surface area (Å²) in [6.45, 7) is 3.80. The Hall–Kier alpha value is -2.14. The third-order valence-corrected chi connectivity index (χ3v) is 6.35. The first-order valence-electron chi connectivity index (χ1n) is 9.39. The third kappa shape index (κ3) is 3.28. The molecule has 0 spiro atoms. The van der Waals surface area contributed by atoms with E-state index in [0.717, 1.165) is 18.5 Å². The molecule has 1 aromatic heterocycles. The van der Waals surface area contributed by atoms with Crippen molar-refractivity contribution < 1.29 is 9.59 Å². The SMILES string of the molecule is CCN(Cc1cccs1)C(=O)C1CC(=O)N(c2ccc3c(c2)CCC3)C1. The fourth-order valence-electron chi connectivity index (χ4n) is 4.04. The summed E-state index contributed by atoms with van der Waals surface area (Å²) in [5.41, 5.74) is 3.71. The van der Waals surface area contributed by atoms with E-state index in [9.17, 15) is 9.59 Å². The second-order valence-electron chi connectivity index (χ2n) is 7.14. The zero-order valence-corrected chi connectivity index (χ0v) is 15.9. The fraction of sp³-hybridized carbons (Fsp3) is 0.429. The molecule has 2 aromatic rings. The number of carbonyl (C=O) groups excluding carboxylic acids is 2. The molecule has 0 saturated carbocycles. The number of amides is 2. The highest BCUT2D eigenvalue weighted by atomic mass is 32.1. The van der Waals surface area contributed by atoms with Crippen LogP contribution in [0.3, 0.4) is 0 Å². The molecule has 1 aromatic carbocycles. The monoisotopic (exact) mass is 368 g/mol. The van der Waals surface area contributed by atoms with Crippen LogP contribution in [0.15, 0.2) is 35.7 Å². The molecule has 1 atom stereocenters. The molecule has 2 amide bonds. The van der Waals surface area contributed by atoms with Gasteiger partial charge in [-0.25, -0.2) is 0 Å². The first kappa shape index (κ1) is 17.3. The molecule has 1 aliphatic heterocycles. The van der Waals surface area contributed by atoms with Gasteiger partial charge >= 0.3 is 0 Å². The number of fused-ring (bicyclic) bond motifs is 1. The maximum Gasteiger partial charge on any atom is 0.228 e. The van der Waals surface area contributed by atoms with Gasteiger partial charge < -0.3 is 9.80 Å². The van der Waals surface area contributed by atoms with E-state index in [1.54, 1.807) is 16.2 Å². The van der Waals surface area contributed by atoms with Crippen molar-refractivity contribution in [1.29, 1.82) is 0 Å². The summed E-state index contributed by atoms with van der Waals surface area (Å²) in [7, 11) is 0. The largest absolute Gasteiger partial charge is 0.338 e. The summed E-state index contributed by atoms with van der Waals surface area (Å²) in [6.07, 6.45) is 3.75. The van der Waals surface area contributed by atoms with Crippen molar-refractivity contribution in [3.05, 3.63) is 51.7 Å². The molecule has 1 fully saturated rings. The van der Waals surface area contributed by atoms with E-state index in [1.165, 1.54) is 22.4 Å². The standard InChI is InChI=1S/C21H24N2O2S/c1-2-22(14-19-7-4-10-26-19)21(25)17-12-20(24)23(13-17)18-9-8-15-5-3-6-16(15)11-18/h4,7-11,17H,2-3,5-6,12-14H2,1H3. The van der Waals surface area contributed by atoms with Crippen LogP contribution in [-0.4, -0.2) is 29.8 Å². The Morgan fingerprint density at radius 2 is 2.12 bits per heavy atom. The highest BCUT2D eigenvalue weighted by molar-refractivity contribution is 7.09. The van der Waals surface area contributed by atoms with Crippen LogP contribution < -0.4 is 4.90 Å². The number of nitrogens with zero attached hydrogens (tertiary/aromatic N) is 2. The van der Waals surface area contributed by atoms with Crippen LogP contribution in [0.25, 0.3) is 0 Å². The van der Waals surface area contributed by atoms with E-state index in [4.69, 9.17) is 0 Å². The van der Waals surface area contributed by atoms with Crippen LogP contribution in [0.5, 0.6) is 0 Å². The molecule has 0 radical (unpaired) electrons. The summed E-state index contributed by atoms with van der Waals surface area (Å²) < 4.78 is 0. The minimum absolute atomic E-state index is 0.0634. The third-order valence-electron chi connectivity index (χ3n) is 5.49. The maximum absolute atomic E-state index is 13.0. The lowest BCUT2D eigenvalue weighted by Gasteiger charge is -2.24. The minimum atomic E-state index is -0.240. The van der Waals surface area contributed by atoms with Crippen LogP contribution in [0.4, 0.5) is 5.69 Å². The Bertz CT molecular complexity index is 815. The van der Waals surface area contributed by atoms with Crippen molar-refractivity contribution >= 4 is 28.8 Å². The van der Waals surface area contributed by atoms with Gasteiger partial charge in [-0.3, -0.25) is 9.59 Å². The molecule has 0 bridgehead atoms. The summed E-state index contributed by atoms with van der Waals surface area (Å²) in [6, 6.07) is 10.4. The molecule has 1 aliphatic carbocycles. The van der Waals surface area contributed by atoms with Crippen LogP contribution in [0.1, 0.15) is 35.8 Å². The van der Waals surface area contributed by atoms with E-state index in [0.29, 0.717) is 26.1 Å². The van der Waals surface area contributed by atoms with E-state index in [1.807, 2.05) is 29.3 Å². The zero-order chi connectivity index (χ0) is 18.1. The van der Waals surface area contributed by atoms with Crippen LogP contribution in [0.2, 0.25) is 0 Å². The highest BCUT2D eigenvalue weighted by Crippen LogP contribution is 2.31. The lowest BCUT2D eigenvalue weighted by molar-refractivity contribution is -0.136. The van der Waals surface area contributed by atoms with Gasteiger partial charge in [0.15, 0.2) is 0 Å². The lowest BCUT2D eigenvalue weighted by Crippen LogP contribution is -2.36. The maximum atomic E-state index is 13.0. The second kappa shape index (κ2) is 7.23. The Morgan fingerprint density at radius 1 is 1.27 bits per heavy atom. The number of rotatable bonds is 5. The summed E-state index contributed by atoms with van der Waals surface area (Å²) in [4.78, 5) is 30.4. The molecule has 4 rings (SSSR count). The zero-order valence-electron chi connectivity index (χ0n) is 15.1. The summed E-state index contributed by atoms with van der Waals surface area (Å²) >= 11 is 1.66. The lowest BCUT2D eigenvalue weighted by atomic mass is 10.1. The molecule has 26 heavy (non-hydrogen) atoms. The number of benzene rings is 1. The quantitative estimate of drug-likeness (QED) is 0.808. The molecule has 1 unspecified atom stereocenters. The van der Waals surface area contributed by atoms with E-state index < -0.39 is 0 Å². The Morgan fingerprint density at radius 3 is 2.88 bits per heavy atom.